The van der Waals surface area contributed by atoms with Crippen molar-refractivity contribution in [3.8, 4) is 0 Å². The first kappa shape index (κ1) is 11.7. The van der Waals surface area contributed by atoms with E-state index in [1.807, 2.05) is 0 Å². The van der Waals surface area contributed by atoms with Gasteiger partial charge in [0.1, 0.15) is 5.82 Å². The molecule has 1 N–H and O–H groups in total. The van der Waals surface area contributed by atoms with E-state index in [0.29, 0.717) is 0 Å². The van der Waals surface area contributed by atoms with Gasteiger partial charge in [-0.05, 0) is 75.5 Å². The van der Waals surface area contributed by atoms with Crippen LogP contribution in [-0.4, -0.2) is 11.5 Å². The number of rotatable bonds is 3. The molecule has 0 amide bonds. The SMILES string of the molecule is Brc1cc2ccc(I)cc2nc1NCC1CC1. The average Bonchev–Trinajstić information content (AvgIpc) is 3.11. The number of pyridine rings is 1. The summed E-state index contributed by atoms with van der Waals surface area (Å²) >= 11 is 5.90. The molecule has 1 fully saturated rings. The van der Waals surface area contributed by atoms with Crippen molar-refractivity contribution in [3.63, 3.8) is 0 Å². The summed E-state index contributed by atoms with van der Waals surface area (Å²) in [4.78, 5) is 4.67. The van der Waals surface area contributed by atoms with Crippen LogP contribution in [0.5, 0.6) is 0 Å². The zero-order valence-electron chi connectivity index (χ0n) is 9.21. The molecule has 1 aliphatic carbocycles. The predicted molar refractivity (Wildman–Crippen MR) is 83.4 cm³/mol. The molecule has 0 spiro atoms. The summed E-state index contributed by atoms with van der Waals surface area (Å²) in [6.07, 6.45) is 2.71. The Morgan fingerprint density at radius 3 is 2.94 bits per heavy atom. The van der Waals surface area contributed by atoms with Gasteiger partial charge < -0.3 is 5.32 Å². The molecule has 1 aromatic carbocycles. The molecular weight excluding hydrogens is 391 g/mol. The minimum atomic E-state index is 0.857. The molecule has 0 aliphatic heterocycles. The Bertz CT molecular complexity index is 567. The summed E-state index contributed by atoms with van der Waals surface area (Å²) in [5.74, 6) is 1.82. The molecule has 17 heavy (non-hydrogen) atoms. The third-order valence-electron chi connectivity index (χ3n) is 2.99. The van der Waals surface area contributed by atoms with Crippen molar-refractivity contribution < 1.29 is 0 Å². The van der Waals surface area contributed by atoms with Gasteiger partial charge in [0.15, 0.2) is 0 Å². The fourth-order valence-corrected chi connectivity index (χ4v) is 2.75. The van der Waals surface area contributed by atoms with Crippen molar-refractivity contribution in [2.45, 2.75) is 12.8 Å². The van der Waals surface area contributed by atoms with Crippen molar-refractivity contribution >= 4 is 55.2 Å². The summed E-state index contributed by atoms with van der Waals surface area (Å²) in [6, 6.07) is 8.46. The van der Waals surface area contributed by atoms with Crippen molar-refractivity contribution in [3.05, 3.63) is 32.3 Å². The van der Waals surface area contributed by atoms with Crippen LogP contribution in [0.15, 0.2) is 28.7 Å². The lowest BCUT2D eigenvalue weighted by Crippen LogP contribution is -2.05. The van der Waals surface area contributed by atoms with Crippen molar-refractivity contribution in [1.82, 2.24) is 4.98 Å². The molecule has 0 atom stereocenters. The summed E-state index contributed by atoms with van der Waals surface area (Å²) in [5, 5.41) is 4.60. The van der Waals surface area contributed by atoms with Gasteiger partial charge in [0.2, 0.25) is 0 Å². The zero-order valence-corrected chi connectivity index (χ0v) is 13.0. The molecule has 0 unspecified atom stereocenters. The average molecular weight is 403 g/mol. The lowest BCUT2D eigenvalue weighted by molar-refractivity contribution is 0.883. The minimum Gasteiger partial charge on any atom is -0.369 e. The third-order valence-corrected chi connectivity index (χ3v) is 4.26. The van der Waals surface area contributed by atoms with Gasteiger partial charge in [0, 0.05) is 15.5 Å². The Labute approximate surface area is 122 Å². The number of hydrogen-bond donors (Lipinski definition) is 1. The first-order chi connectivity index (χ1) is 8.22. The topological polar surface area (TPSA) is 24.9 Å². The summed E-state index contributed by atoms with van der Waals surface area (Å²) in [7, 11) is 0. The lowest BCUT2D eigenvalue weighted by Gasteiger charge is -2.08. The standard InChI is InChI=1S/C13H12BrIN2/c14-11-5-9-3-4-10(15)6-12(9)17-13(11)16-7-8-1-2-8/h3-6,8H,1-2,7H2,(H,16,17). The fraction of sp³-hybridized carbons (Fsp3) is 0.308. The molecule has 0 saturated heterocycles. The van der Waals surface area contributed by atoms with Crippen LogP contribution in [-0.2, 0) is 0 Å². The predicted octanol–water partition coefficient (Wildman–Crippen LogP) is 4.42. The highest BCUT2D eigenvalue weighted by Crippen LogP contribution is 2.31. The number of nitrogens with zero attached hydrogens (tertiary/aromatic N) is 1. The normalized spacial score (nSPS) is 15.2. The minimum absolute atomic E-state index is 0.857. The highest BCUT2D eigenvalue weighted by molar-refractivity contribution is 14.1. The van der Waals surface area contributed by atoms with E-state index in [9.17, 15) is 0 Å². The quantitative estimate of drug-likeness (QED) is 0.768. The molecule has 1 aromatic heterocycles. The maximum atomic E-state index is 4.67. The van der Waals surface area contributed by atoms with Crippen LogP contribution >= 0.6 is 38.5 Å². The Morgan fingerprint density at radius 2 is 2.18 bits per heavy atom. The molecule has 2 aromatic rings. The molecule has 0 bridgehead atoms. The van der Waals surface area contributed by atoms with Gasteiger partial charge in [-0.15, -0.1) is 0 Å². The van der Waals surface area contributed by atoms with Crippen molar-refractivity contribution in [1.29, 1.82) is 0 Å². The van der Waals surface area contributed by atoms with Crippen molar-refractivity contribution in [2.75, 3.05) is 11.9 Å². The maximum Gasteiger partial charge on any atom is 0.141 e. The van der Waals surface area contributed by atoms with Crippen LogP contribution in [0.2, 0.25) is 0 Å². The van der Waals surface area contributed by atoms with Crippen LogP contribution < -0.4 is 5.32 Å². The van der Waals surface area contributed by atoms with E-state index in [1.54, 1.807) is 0 Å². The number of nitrogens with one attached hydrogen (secondary N) is 1. The van der Waals surface area contributed by atoms with Crippen LogP contribution in [0.4, 0.5) is 5.82 Å². The highest BCUT2D eigenvalue weighted by Gasteiger charge is 2.21. The van der Waals surface area contributed by atoms with Gasteiger partial charge in [-0.25, -0.2) is 4.98 Å². The number of hydrogen-bond acceptors (Lipinski definition) is 2. The second kappa shape index (κ2) is 4.72. The van der Waals surface area contributed by atoms with Crippen LogP contribution in [0, 0.1) is 9.49 Å². The van der Waals surface area contributed by atoms with Gasteiger partial charge in [0.05, 0.1) is 9.99 Å². The zero-order chi connectivity index (χ0) is 11.8. The summed E-state index contributed by atoms with van der Waals surface area (Å²) in [5.41, 5.74) is 1.05. The largest absolute Gasteiger partial charge is 0.369 e. The van der Waals surface area contributed by atoms with E-state index in [4.69, 9.17) is 0 Å². The molecule has 88 valence electrons. The van der Waals surface area contributed by atoms with Crippen molar-refractivity contribution in [2.24, 2.45) is 5.92 Å². The van der Waals surface area contributed by atoms with Gasteiger partial charge in [0.25, 0.3) is 0 Å². The molecule has 3 rings (SSSR count). The van der Waals surface area contributed by atoms with Crippen LogP contribution in [0.25, 0.3) is 10.9 Å². The van der Waals surface area contributed by atoms with Crippen LogP contribution in [0.3, 0.4) is 0 Å². The third kappa shape index (κ3) is 2.73. The van der Waals surface area contributed by atoms with Gasteiger partial charge in [-0.2, -0.15) is 0 Å². The number of halogens is 2. The van der Waals surface area contributed by atoms with E-state index in [0.717, 1.165) is 28.3 Å². The smallest absolute Gasteiger partial charge is 0.141 e. The highest BCUT2D eigenvalue weighted by atomic mass is 127. The maximum absolute atomic E-state index is 4.67. The van der Waals surface area contributed by atoms with E-state index in [2.05, 4.69) is 73.1 Å². The monoisotopic (exact) mass is 402 g/mol. The van der Waals surface area contributed by atoms with E-state index in [-0.39, 0.29) is 0 Å². The molecule has 1 aliphatic rings. The molecule has 1 heterocycles. The summed E-state index contributed by atoms with van der Waals surface area (Å²) < 4.78 is 2.27. The summed E-state index contributed by atoms with van der Waals surface area (Å²) in [6.45, 7) is 1.04. The Balaban J connectivity index is 1.95. The lowest BCUT2D eigenvalue weighted by atomic mass is 10.2. The first-order valence-electron chi connectivity index (χ1n) is 5.72. The van der Waals surface area contributed by atoms with E-state index < -0.39 is 0 Å². The Kier molecular flexibility index (Phi) is 3.25. The number of fused-ring (bicyclic) bond motifs is 1. The number of aromatic nitrogens is 1. The Hall–Kier alpha value is -0.360. The molecule has 2 nitrogen and oxygen atoms in total. The van der Waals surface area contributed by atoms with Gasteiger partial charge >= 0.3 is 0 Å². The van der Waals surface area contributed by atoms with E-state index >= 15 is 0 Å². The fourth-order valence-electron chi connectivity index (χ4n) is 1.80. The first-order valence-corrected chi connectivity index (χ1v) is 7.59. The molecule has 1 saturated carbocycles. The molecule has 4 heteroatoms. The van der Waals surface area contributed by atoms with Gasteiger partial charge in [-0.3, -0.25) is 0 Å². The van der Waals surface area contributed by atoms with Gasteiger partial charge in [-0.1, -0.05) is 6.07 Å². The second-order valence-corrected chi connectivity index (χ2v) is 6.58. The second-order valence-electron chi connectivity index (χ2n) is 4.48. The number of benzene rings is 1. The molecular formula is C13H12BrIN2. The van der Waals surface area contributed by atoms with Crippen LogP contribution in [0.1, 0.15) is 12.8 Å². The van der Waals surface area contributed by atoms with E-state index in [1.165, 1.54) is 21.8 Å². The number of anilines is 1. The molecule has 0 radical (unpaired) electrons. The Morgan fingerprint density at radius 1 is 1.35 bits per heavy atom.